The normalized spacial score (nSPS) is 20.6. The summed E-state index contributed by atoms with van der Waals surface area (Å²) in [5, 5.41) is 2.40. The Hall–Kier alpha value is -1.21. The minimum atomic E-state index is -2.79. The second-order valence-electron chi connectivity index (χ2n) is 5.17. The first-order chi connectivity index (χ1) is 10.1. The van der Waals surface area contributed by atoms with E-state index in [4.69, 9.17) is 0 Å². The van der Waals surface area contributed by atoms with Gasteiger partial charge < -0.3 is 5.32 Å². The molecule has 1 fully saturated rings. The Labute approximate surface area is 130 Å². The lowest BCUT2D eigenvalue weighted by molar-refractivity contribution is -0.142. The molecule has 0 aromatic rings. The van der Waals surface area contributed by atoms with Crippen LogP contribution in [-0.2, 0) is 18.7 Å². The molecule has 3 unspecified atom stereocenters. The maximum absolute atomic E-state index is 12.4. The molecule has 126 valence electrons. The summed E-state index contributed by atoms with van der Waals surface area (Å²) < 4.78 is 27.8. The number of amides is 4. The molecule has 0 aromatic heterocycles. The lowest BCUT2D eigenvalue weighted by Crippen LogP contribution is -2.66. The Kier molecular flexibility index (Phi) is 6.31. The number of carbonyl (C=O) groups is 3. The highest BCUT2D eigenvalue weighted by Gasteiger charge is 2.45. The summed E-state index contributed by atoms with van der Waals surface area (Å²) in [7, 11) is 0.373. The molecule has 1 saturated heterocycles. The number of nitrogens with zero attached hydrogens (tertiary/aromatic N) is 4. The third-order valence-corrected chi connectivity index (χ3v) is 6.70. The summed E-state index contributed by atoms with van der Waals surface area (Å²) in [6.07, 6.45) is 0. The van der Waals surface area contributed by atoms with Gasteiger partial charge in [-0.2, -0.15) is 0 Å². The van der Waals surface area contributed by atoms with Gasteiger partial charge in [-0.15, -0.1) is 0 Å². The first-order valence-electron chi connectivity index (χ1n) is 6.43. The predicted octanol–water partition coefficient (Wildman–Crippen LogP) is -0.342. The summed E-state index contributed by atoms with van der Waals surface area (Å²) in [5.74, 6) is -0.988. The van der Waals surface area contributed by atoms with Gasteiger partial charge in [-0.25, -0.2) is 18.6 Å². The number of carbonyl (C=O) groups excluding carboxylic acids is 3. The highest BCUT2D eigenvalue weighted by Crippen LogP contribution is 2.46. The number of urea groups is 1. The fourth-order valence-electron chi connectivity index (χ4n) is 1.72. The van der Waals surface area contributed by atoms with Crippen molar-refractivity contribution in [3.8, 4) is 0 Å². The molecule has 12 heteroatoms. The summed E-state index contributed by atoms with van der Waals surface area (Å²) in [6, 6.07) is -1.64. The molecule has 0 bridgehead atoms. The highest BCUT2D eigenvalue weighted by molar-refractivity contribution is 7.56. The number of rotatable bonds is 5. The smallest absolute Gasteiger partial charge is 0.339 e. The Bertz CT molecular complexity index is 518. The monoisotopic (exact) mass is 353 g/mol. The Morgan fingerprint density at radius 1 is 1.14 bits per heavy atom. The predicted molar refractivity (Wildman–Crippen MR) is 81.9 cm³/mol. The van der Waals surface area contributed by atoms with Crippen LogP contribution in [-0.4, -0.2) is 77.3 Å². The molecule has 3 atom stereocenters. The maximum Gasteiger partial charge on any atom is 0.339 e. The zero-order chi connectivity index (χ0) is 17.2. The van der Waals surface area contributed by atoms with Crippen LogP contribution in [0, 0.1) is 0 Å². The summed E-state index contributed by atoms with van der Waals surface area (Å²) in [6.45, 7) is 1.23. The molecule has 0 aliphatic carbocycles. The zero-order valence-corrected chi connectivity index (χ0v) is 15.1. The Morgan fingerprint density at radius 2 is 1.59 bits per heavy atom. The molecule has 1 rings (SSSR count). The van der Waals surface area contributed by atoms with Crippen LogP contribution in [0.5, 0.6) is 0 Å². The topological polar surface area (TPSA) is 110 Å². The number of β-lactam (4-membered cyclic amide) rings is 1. The quantitative estimate of drug-likeness (QED) is 0.532. The van der Waals surface area contributed by atoms with Crippen molar-refractivity contribution in [2.45, 2.75) is 13.0 Å². The van der Waals surface area contributed by atoms with Gasteiger partial charge in [0.15, 0.2) is 0 Å². The van der Waals surface area contributed by atoms with Crippen LogP contribution in [0.4, 0.5) is 4.79 Å². The summed E-state index contributed by atoms with van der Waals surface area (Å²) in [4.78, 5) is 36.0. The van der Waals surface area contributed by atoms with Crippen molar-refractivity contribution < 1.29 is 23.5 Å². The molecule has 0 saturated carbocycles. The van der Waals surface area contributed by atoms with Gasteiger partial charge in [0.2, 0.25) is 22.1 Å². The standard InChI is InChI=1S/C10H21N5O5P2/c1-7(16)11-8-6-14(9(8)17)10(18)15(21(19)12(2)3)22(20)13(4)5/h8,21-22H,6H2,1-5H3,(H,11,16). The number of imide groups is 1. The van der Waals surface area contributed by atoms with Crippen molar-refractivity contribution in [1.29, 1.82) is 0 Å². The largest absolute Gasteiger partial charge is 0.343 e. The number of nitrogens with one attached hydrogen (secondary N) is 1. The van der Waals surface area contributed by atoms with E-state index in [1.807, 2.05) is 0 Å². The van der Waals surface area contributed by atoms with Crippen molar-refractivity contribution >= 4 is 34.1 Å². The summed E-state index contributed by atoms with van der Waals surface area (Å²) in [5.41, 5.74) is 0. The van der Waals surface area contributed by atoms with Gasteiger partial charge in [-0.3, -0.25) is 23.6 Å². The van der Waals surface area contributed by atoms with Crippen LogP contribution < -0.4 is 5.32 Å². The SMILES string of the molecule is CC(=O)NC1CN(C(=O)N([PH](=O)N(C)C)[PH](=O)N(C)C)C1=O. The van der Waals surface area contributed by atoms with Crippen LogP contribution in [0.2, 0.25) is 0 Å². The van der Waals surface area contributed by atoms with E-state index in [2.05, 4.69) is 5.32 Å². The minimum absolute atomic E-state index is 0.0289. The van der Waals surface area contributed by atoms with E-state index in [-0.39, 0.29) is 12.5 Å². The first kappa shape index (κ1) is 18.8. The van der Waals surface area contributed by atoms with E-state index in [0.717, 1.165) is 9.34 Å². The van der Waals surface area contributed by atoms with Gasteiger partial charge >= 0.3 is 6.03 Å². The average molecular weight is 353 g/mol. The van der Waals surface area contributed by atoms with Crippen molar-refractivity contribution in [1.82, 2.24) is 24.0 Å². The second-order valence-corrected chi connectivity index (χ2v) is 9.43. The first-order valence-corrected chi connectivity index (χ1v) is 9.03. The van der Waals surface area contributed by atoms with Crippen molar-refractivity contribution in [3.63, 3.8) is 0 Å². The molecular formula is C10H21N5O5P2. The van der Waals surface area contributed by atoms with Gasteiger partial charge in [0.05, 0.1) is 6.54 Å². The average Bonchev–Trinajstić information content (AvgIpc) is 2.41. The van der Waals surface area contributed by atoms with Crippen LogP contribution in [0.3, 0.4) is 0 Å². The molecular weight excluding hydrogens is 332 g/mol. The van der Waals surface area contributed by atoms with Crippen LogP contribution in [0.25, 0.3) is 0 Å². The number of likely N-dealkylation sites (tertiary alicyclic amines) is 1. The van der Waals surface area contributed by atoms with E-state index >= 15 is 0 Å². The second kappa shape index (κ2) is 7.37. The summed E-state index contributed by atoms with van der Waals surface area (Å²) >= 11 is 0. The van der Waals surface area contributed by atoms with Crippen LogP contribution in [0.15, 0.2) is 0 Å². The van der Waals surface area contributed by atoms with Crippen LogP contribution in [0.1, 0.15) is 6.92 Å². The van der Waals surface area contributed by atoms with E-state index in [0.29, 0.717) is 0 Å². The molecule has 1 heterocycles. The van der Waals surface area contributed by atoms with Crippen molar-refractivity contribution in [2.24, 2.45) is 0 Å². The minimum Gasteiger partial charge on any atom is -0.343 e. The Morgan fingerprint density at radius 3 is 1.91 bits per heavy atom. The fraction of sp³-hybridized carbons (Fsp3) is 0.700. The lowest BCUT2D eigenvalue weighted by atomic mass is 10.1. The zero-order valence-electron chi connectivity index (χ0n) is 13.1. The molecule has 4 amide bonds. The third kappa shape index (κ3) is 3.95. The molecule has 0 spiro atoms. The van der Waals surface area contributed by atoms with Crippen molar-refractivity contribution in [3.05, 3.63) is 0 Å². The van der Waals surface area contributed by atoms with Crippen LogP contribution >= 0.6 is 16.2 Å². The lowest BCUT2D eigenvalue weighted by Gasteiger charge is -2.40. The maximum atomic E-state index is 12.4. The van der Waals surface area contributed by atoms with Gasteiger partial charge in [-0.1, -0.05) is 0 Å². The van der Waals surface area contributed by atoms with Gasteiger partial charge in [0.1, 0.15) is 6.04 Å². The molecule has 1 N–H and O–H groups in total. The van der Waals surface area contributed by atoms with E-state index < -0.39 is 34.2 Å². The molecule has 10 nitrogen and oxygen atoms in total. The molecule has 1 aliphatic rings. The molecule has 1 aliphatic heterocycles. The van der Waals surface area contributed by atoms with E-state index in [1.54, 1.807) is 0 Å². The fourth-order valence-corrected chi connectivity index (χ4v) is 4.94. The van der Waals surface area contributed by atoms with Crippen molar-refractivity contribution in [2.75, 3.05) is 34.7 Å². The van der Waals surface area contributed by atoms with E-state index in [1.165, 1.54) is 44.5 Å². The number of hydrogen-bond acceptors (Lipinski definition) is 5. The Balaban J connectivity index is 2.91. The van der Waals surface area contributed by atoms with Gasteiger partial charge in [-0.05, 0) is 28.2 Å². The molecule has 22 heavy (non-hydrogen) atoms. The third-order valence-electron chi connectivity index (χ3n) is 2.88. The number of hydrogen-bond donors (Lipinski definition) is 1. The van der Waals surface area contributed by atoms with Gasteiger partial charge in [0.25, 0.3) is 5.91 Å². The molecule has 0 aromatic carbocycles. The molecule has 0 radical (unpaired) electrons. The van der Waals surface area contributed by atoms with Gasteiger partial charge in [0, 0.05) is 6.92 Å². The highest BCUT2D eigenvalue weighted by atomic mass is 31.2. The van der Waals surface area contributed by atoms with E-state index in [9.17, 15) is 23.5 Å².